The van der Waals surface area contributed by atoms with Crippen LogP contribution in [0.2, 0.25) is 0 Å². The summed E-state index contributed by atoms with van der Waals surface area (Å²) in [7, 11) is 1.35. The molecule has 0 aliphatic carbocycles. The van der Waals surface area contributed by atoms with Gasteiger partial charge in [0.2, 0.25) is 0 Å². The van der Waals surface area contributed by atoms with Gasteiger partial charge >= 0.3 is 5.97 Å². The van der Waals surface area contributed by atoms with Gasteiger partial charge in [-0.05, 0) is 51.0 Å². The van der Waals surface area contributed by atoms with Gasteiger partial charge in [-0.25, -0.2) is 4.79 Å². The van der Waals surface area contributed by atoms with Crippen molar-refractivity contribution in [3.05, 3.63) is 23.8 Å². The van der Waals surface area contributed by atoms with Gasteiger partial charge in [0, 0.05) is 0 Å². The van der Waals surface area contributed by atoms with Crippen LogP contribution in [-0.2, 0) is 9.53 Å². The lowest BCUT2D eigenvalue weighted by Gasteiger charge is -2.24. The number of hydrogen-bond donors (Lipinski definition) is 0. The number of ether oxygens (including phenoxy) is 3. The summed E-state index contributed by atoms with van der Waals surface area (Å²) in [5, 5.41) is 0. The number of benzene rings is 1. The SMILES string of the molecule is CCCCOc1ccc(OC(C)(C)C(=O)OC)c(C)c1. The number of aryl methyl sites for hydroxylation is 1. The van der Waals surface area contributed by atoms with Crippen LogP contribution in [0.5, 0.6) is 11.5 Å². The first-order chi connectivity index (χ1) is 9.40. The molecule has 20 heavy (non-hydrogen) atoms. The molecule has 0 aliphatic heterocycles. The van der Waals surface area contributed by atoms with Gasteiger partial charge in [-0.3, -0.25) is 0 Å². The lowest BCUT2D eigenvalue weighted by Crippen LogP contribution is -2.39. The van der Waals surface area contributed by atoms with Crippen LogP contribution in [0.25, 0.3) is 0 Å². The maximum atomic E-state index is 11.6. The second-order valence-corrected chi connectivity index (χ2v) is 5.23. The van der Waals surface area contributed by atoms with Crippen molar-refractivity contribution in [1.82, 2.24) is 0 Å². The Bertz CT molecular complexity index is 452. The minimum atomic E-state index is -1.01. The van der Waals surface area contributed by atoms with Crippen LogP contribution in [0.3, 0.4) is 0 Å². The highest BCUT2D eigenvalue weighted by molar-refractivity contribution is 5.78. The van der Waals surface area contributed by atoms with Crippen molar-refractivity contribution < 1.29 is 19.0 Å². The topological polar surface area (TPSA) is 44.8 Å². The minimum Gasteiger partial charge on any atom is -0.494 e. The summed E-state index contributed by atoms with van der Waals surface area (Å²) in [6, 6.07) is 5.59. The van der Waals surface area contributed by atoms with E-state index in [0.29, 0.717) is 12.4 Å². The fourth-order valence-electron chi connectivity index (χ4n) is 1.72. The van der Waals surface area contributed by atoms with E-state index < -0.39 is 11.6 Å². The third-order valence-electron chi connectivity index (χ3n) is 2.96. The molecular formula is C16H24O4. The molecule has 0 heterocycles. The van der Waals surface area contributed by atoms with Gasteiger partial charge in [0.05, 0.1) is 13.7 Å². The monoisotopic (exact) mass is 280 g/mol. The van der Waals surface area contributed by atoms with Gasteiger partial charge in [-0.2, -0.15) is 0 Å². The molecule has 1 rings (SSSR count). The van der Waals surface area contributed by atoms with Crippen molar-refractivity contribution in [2.45, 2.75) is 46.1 Å². The fourth-order valence-corrected chi connectivity index (χ4v) is 1.72. The van der Waals surface area contributed by atoms with Crippen molar-refractivity contribution >= 4 is 5.97 Å². The lowest BCUT2D eigenvalue weighted by atomic mass is 10.1. The Balaban J connectivity index is 2.75. The van der Waals surface area contributed by atoms with E-state index in [0.717, 1.165) is 24.2 Å². The molecule has 0 amide bonds. The van der Waals surface area contributed by atoms with Crippen molar-refractivity contribution in [2.24, 2.45) is 0 Å². The molecule has 4 heteroatoms. The van der Waals surface area contributed by atoms with Gasteiger partial charge in [0.15, 0.2) is 5.60 Å². The summed E-state index contributed by atoms with van der Waals surface area (Å²) < 4.78 is 16.1. The van der Waals surface area contributed by atoms with E-state index in [1.54, 1.807) is 13.8 Å². The molecule has 1 aromatic carbocycles. The summed E-state index contributed by atoms with van der Waals surface area (Å²) in [4.78, 5) is 11.6. The van der Waals surface area contributed by atoms with Crippen LogP contribution < -0.4 is 9.47 Å². The van der Waals surface area contributed by atoms with Crippen LogP contribution in [-0.4, -0.2) is 25.3 Å². The average molecular weight is 280 g/mol. The minimum absolute atomic E-state index is 0.403. The van der Waals surface area contributed by atoms with Gasteiger partial charge in [-0.1, -0.05) is 13.3 Å². The Morgan fingerprint density at radius 2 is 2.00 bits per heavy atom. The van der Waals surface area contributed by atoms with Gasteiger partial charge in [0.25, 0.3) is 0 Å². The number of unbranched alkanes of at least 4 members (excludes halogenated alkanes) is 1. The number of carbonyl (C=O) groups is 1. The van der Waals surface area contributed by atoms with E-state index in [-0.39, 0.29) is 0 Å². The molecule has 1 aromatic rings. The Morgan fingerprint density at radius 1 is 1.30 bits per heavy atom. The van der Waals surface area contributed by atoms with Gasteiger partial charge in [0.1, 0.15) is 11.5 Å². The normalized spacial score (nSPS) is 11.1. The van der Waals surface area contributed by atoms with Crippen LogP contribution in [0.4, 0.5) is 0 Å². The van der Waals surface area contributed by atoms with Gasteiger partial charge < -0.3 is 14.2 Å². The van der Waals surface area contributed by atoms with Crippen LogP contribution in [0.15, 0.2) is 18.2 Å². The molecule has 0 saturated carbocycles. The lowest BCUT2D eigenvalue weighted by molar-refractivity contribution is -0.156. The molecule has 0 atom stereocenters. The first-order valence-electron chi connectivity index (χ1n) is 6.91. The third-order valence-corrected chi connectivity index (χ3v) is 2.96. The molecule has 0 radical (unpaired) electrons. The Hall–Kier alpha value is -1.71. The summed E-state index contributed by atoms with van der Waals surface area (Å²) in [5.41, 5.74) is -0.0830. The van der Waals surface area contributed by atoms with Crippen molar-refractivity contribution in [3.8, 4) is 11.5 Å². The van der Waals surface area contributed by atoms with Crippen LogP contribution >= 0.6 is 0 Å². The van der Waals surface area contributed by atoms with E-state index in [9.17, 15) is 4.79 Å². The number of esters is 1. The number of carbonyl (C=O) groups excluding carboxylic acids is 1. The molecule has 0 aromatic heterocycles. The van der Waals surface area contributed by atoms with Crippen molar-refractivity contribution in [1.29, 1.82) is 0 Å². The Labute approximate surface area is 121 Å². The van der Waals surface area contributed by atoms with Gasteiger partial charge in [-0.15, -0.1) is 0 Å². The zero-order valence-electron chi connectivity index (χ0n) is 13.0. The Kier molecular flexibility index (Phi) is 5.86. The smallest absolute Gasteiger partial charge is 0.349 e. The zero-order chi connectivity index (χ0) is 15.2. The Morgan fingerprint density at radius 3 is 2.55 bits per heavy atom. The van der Waals surface area contributed by atoms with E-state index in [1.807, 2.05) is 25.1 Å². The molecule has 0 aliphatic rings. The second kappa shape index (κ2) is 7.17. The largest absolute Gasteiger partial charge is 0.494 e. The first-order valence-corrected chi connectivity index (χ1v) is 6.91. The quantitative estimate of drug-likeness (QED) is 0.566. The van der Waals surface area contributed by atoms with E-state index in [1.165, 1.54) is 7.11 Å². The average Bonchev–Trinajstić information content (AvgIpc) is 2.41. The molecule has 0 fully saturated rings. The summed E-state index contributed by atoms with van der Waals surface area (Å²) in [6.45, 7) is 8.13. The van der Waals surface area contributed by atoms with E-state index in [4.69, 9.17) is 14.2 Å². The highest BCUT2D eigenvalue weighted by Gasteiger charge is 2.31. The molecule has 0 saturated heterocycles. The molecule has 0 N–H and O–H groups in total. The third kappa shape index (κ3) is 4.44. The molecular weight excluding hydrogens is 256 g/mol. The number of hydrogen-bond acceptors (Lipinski definition) is 4. The molecule has 4 nitrogen and oxygen atoms in total. The maximum Gasteiger partial charge on any atom is 0.349 e. The number of rotatable bonds is 7. The zero-order valence-corrected chi connectivity index (χ0v) is 13.0. The molecule has 0 bridgehead atoms. The van der Waals surface area contributed by atoms with Crippen LogP contribution in [0.1, 0.15) is 39.2 Å². The standard InChI is InChI=1S/C16H24O4/c1-6-7-10-19-13-8-9-14(12(2)11-13)20-16(3,4)15(17)18-5/h8-9,11H,6-7,10H2,1-5H3. The molecule has 0 unspecified atom stereocenters. The summed E-state index contributed by atoms with van der Waals surface area (Å²) in [6.07, 6.45) is 2.14. The second-order valence-electron chi connectivity index (χ2n) is 5.23. The first kappa shape index (κ1) is 16.3. The predicted molar refractivity (Wildman–Crippen MR) is 78.3 cm³/mol. The maximum absolute atomic E-state index is 11.6. The van der Waals surface area contributed by atoms with Crippen molar-refractivity contribution in [2.75, 3.05) is 13.7 Å². The fraction of sp³-hybridized carbons (Fsp3) is 0.562. The predicted octanol–water partition coefficient (Wildman–Crippen LogP) is 3.50. The molecule has 112 valence electrons. The highest BCUT2D eigenvalue weighted by Crippen LogP contribution is 2.27. The summed E-state index contributed by atoms with van der Waals surface area (Å²) >= 11 is 0. The van der Waals surface area contributed by atoms with E-state index >= 15 is 0 Å². The highest BCUT2D eigenvalue weighted by atomic mass is 16.6. The van der Waals surface area contributed by atoms with Crippen molar-refractivity contribution in [3.63, 3.8) is 0 Å². The van der Waals surface area contributed by atoms with Crippen LogP contribution in [0, 0.1) is 6.92 Å². The number of methoxy groups -OCH3 is 1. The van der Waals surface area contributed by atoms with E-state index in [2.05, 4.69) is 6.92 Å². The molecule has 0 spiro atoms. The summed E-state index contributed by atoms with van der Waals surface area (Å²) in [5.74, 6) is 1.07.